The van der Waals surface area contributed by atoms with Crippen molar-refractivity contribution >= 4 is 22.5 Å². The number of hydrogen-bond acceptors (Lipinski definition) is 3. The van der Waals surface area contributed by atoms with Crippen molar-refractivity contribution in [1.29, 1.82) is 5.26 Å². The molecule has 0 aliphatic heterocycles. The minimum Gasteiger partial charge on any atom is -0.497 e. The highest BCUT2D eigenvalue weighted by Crippen LogP contribution is 2.32. The van der Waals surface area contributed by atoms with Crippen LogP contribution < -0.4 is 10.3 Å². The number of ether oxygens (including phenoxy) is 1. The first-order valence-corrected chi connectivity index (χ1v) is 6.92. The Hall–Kier alpha value is -2.77. The van der Waals surface area contributed by atoms with Gasteiger partial charge in [-0.05, 0) is 29.8 Å². The van der Waals surface area contributed by atoms with E-state index in [9.17, 15) is 10.1 Å². The molecule has 0 fully saturated rings. The average Bonchev–Trinajstić information content (AvgIpc) is 2.53. The highest BCUT2D eigenvalue weighted by atomic mass is 35.5. The number of fused-ring (bicyclic) bond motifs is 1. The number of halogens is 1. The van der Waals surface area contributed by atoms with Gasteiger partial charge in [-0.1, -0.05) is 29.8 Å². The van der Waals surface area contributed by atoms with Gasteiger partial charge in [0.05, 0.1) is 12.6 Å². The lowest BCUT2D eigenvalue weighted by Gasteiger charge is -2.10. The van der Waals surface area contributed by atoms with Gasteiger partial charge in [0.25, 0.3) is 5.56 Å². The van der Waals surface area contributed by atoms with Crippen LogP contribution in [0.2, 0.25) is 5.02 Å². The molecule has 3 rings (SSSR count). The van der Waals surface area contributed by atoms with E-state index in [4.69, 9.17) is 16.3 Å². The number of rotatable bonds is 2. The molecular weight excluding hydrogens is 300 g/mol. The summed E-state index contributed by atoms with van der Waals surface area (Å²) < 4.78 is 5.22. The third-order valence-electron chi connectivity index (χ3n) is 3.45. The number of nitriles is 1. The maximum absolute atomic E-state index is 12.2. The van der Waals surface area contributed by atoms with Crippen molar-refractivity contribution < 1.29 is 4.74 Å². The summed E-state index contributed by atoms with van der Waals surface area (Å²) in [5.74, 6) is 0.656. The highest BCUT2D eigenvalue weighted by molar-refractivity contribution is 6.31. The predicted octanol–water partition coefficient (Wildman–Crippen LogP) is 3.73. The molecule has 5 heteroatoms. The molecular formula is C17H11ClN2O2. The van der Waals surface area contributed by atoms with Crippen LogP contribution in [0.3, 0.4) is 0 Å². The van der Waals surface area contributed by atoms with E-state index in [0.717, 1.165) is 10.9 Å². The van der Waals surface area contributed by atoms with Crippen molar-refractivity contribution in [3.8, 4) is 22.9 Å². The zero-order chi connectivity index (χ0) is 15.7. The predicted molar refractivity (Wildman–Crippen MR) is 86.3 cm³/mol. The Balaban J connectivity index is 2.45. The first-order chi connectivity index (χ1) is 10.6. The van der Waals surface area contributed by atoms with Gasteiger partial charge in [0, 0.05) is 16.0 Å². The molecule has 0 aliphatic carbocycles. The molecule has 0 amide bonds. The first kappa shape index (κ1) is 14.2. The van der Waals surface area contributed by atoms with Gasteiger partial charge in [0.2, 0.25) is 0 Å². The molecule has 0 bridgehead atoms. The third kappa shape index (κ3) is 2.32. The molecule has 1 heterocycles. The SMILES string of the molecule is COc1cccc(-c2c(C#N)c(=O)[nH]c3cc(Cl)ccc23)c1. The molecule has 0 radical (unpaired) electrons. The Morgan fingerprint density at radius 3 is 2.77 bits per heavy atom. The van der Waals surface area contributed by atoms with Crippen LogP contribution in [0.25, 0.3) is 22.0 Å². The normalized spacial score (nSPS) is 10.4. The summed E-state index contributed by atoms with van der Waals surface area (Å²) in [4.78, 5) is 14.9. The molecule has 1 N–H and O–H groups in total. The van der Waals surface area contributed by atoms with Crippen LogP contribution in [0.4, 0.5) is 0 Å². The van der Waals surface area contributed by atoms with Gasteiger partial charge < -0.3 is 9.72 Å². The zero-order valence-corrected chi connectivity index (χ0v) is 12.4. The molecule has 108 valence electrons. The lowest BCUT2D eigenvalue weighted by atomic mass is 9.96. The maximum atomic E-state index is 12.2. The maximum Gasteiger partial charge on any atom is 0.266 e. The van der Waals surface area contributed by atoms with Crippen molar-refractivity contribution in [1.82, 2.24) is 4.98 Å². The standard InChI is InChI=1S/C17H11ClN2O2/c1-22-12-4-2-3-10(7-12)16-13-6-5-11(18)8-15(13)20-17(21)14(16)9-19/h2-8H,1H3,(H,20,21). The van der Waals surface area contributed by atoms with Crippen LogP contribution in [0, 0.1) is 11.3 Å². The van der Waals surface area contributed by atoms with E-state index in [2.05, 4.69) is 4.98 Å². The monoisotopic (exact) mass is 310 g/mol. The largest absolute Gasteiger partial charge is 0.497 e. The van der Waals surface area contributed by atoms with Crippen molar-refractivity contribution in [2.75, 3.05) is 7.11 Å². The van der Waals surface area contributed by atoms with Crippen molar-refractivity contribution in [3.05, 3.63) is 63.4 Å². The van der Waals surface area contributed by atoms with Gasteiger partial charge in [-0.15, -0.1) is 0 Å². The van der Waals surface area contributed by atoms with E-state index >= 15 is 0 Å². The summed E-state index contributed by atoms with van der Waals surface area (Å²) in [6.07, 6.45) is 0. The highest BCUT2D eigenvalue weighted by Gasteiger charge is 2.15. The molecule has 22 heavy (non-hydrogen) atoms. The molecule has 0 atom stereocenters. The Morgan fingerprint density at radius 2 is 2.05 bits per heavy atom. The fourth-order valence-corrected chi connectivity index (χ4v) is 2.63. The molecule has 1 aromatic heterocycles. The smallest absolute Gasteiger partial charge is 0.266 e. The lowest BCUT2D eigenvalue weighted by Crippen LogP contribution is -2.12. The van der Waals surface area contributed by atoms with Gasteiger partial charge >= 0.3 is 0 Å². The number of hydrogen-bond donors (Lipinski definition) is 1. The fourth-order valence-electron chi connectivity index (χ4n) is 2.46. The van der Waals surface area contributed by atoms with E-state index in [1.54, 1.807) is 31.4 Å². The minimum absolute atomic E-state index is 0.0723. The summed E-state index contributed by atoms with van der Waals surface area (Å²) in [5, 5.41) is 10.6. The second kappa shape index (κ2) is 5.55. The summed E-state index contributed by atoms with van der Waals surface area (Å²) in [7, 11) is 1.57. The summed E-state index contributed by atoms with van der Waals surface area (Å²) in [6.45, 7) is 0. The number of methoxy groups -OCH3 is 1. The first-order valence-electron chi connectivity index (χ1n) is 6.54. The second-order valence-corrected chi connectivity index (χ2v) is 5.17. The average molecular weight is 311 g/mol. The van der Waals surface area contributed by atoms with Gasteiger partial charge in [-0.25, -0.2) is 0 Å². The molecule has 0 spiro atoms. The number of H-pyrrole nitrogens is 1. The lowest BCUT2D eigenvalue weighted by molar-refractivity contribution is 0.415. The molecule has 0 unspecified atom stereocenters. The Morgan fingerprint density at radius 1 is 1.23 bits per heavy atom. The van der Waals surface area contributed by atoms with Crippen molar-refractivity contribution in [2.45, 2.75) is 0 Å². The van der Waals surface area contributed by atoms with E-state index in [0.29, 0.717) is 21.9 Å². The number of aromatic nitrogens is 1. The van der Waals surface area contributed by atoms with E-state index in [-0.39, 0.29) is 5.56 Å². The van der Waals surface area contributed by atoms with Crippen molar-refractivity contribution in [2.24, 2.45) is 0 Å². The molecule has 3 aromatic rings. The van der Waals surface area contributed by atoms with Gasteiger partial charge in [0.1, 0.15) is 17.4 Å². The van der Waals surface area contributed by atoms with Crippen LogP contribution in [0.1, 0.15) is 5.56 Å². The number of aromatic amines is 1. The van der Waals surface area contributed by atoms with Gasteiger partial charge in [0.15, 0.2) is 0 Å². The van der Waals surface area contributed by atoms with Crippen LogP contribution in [-0.2, 0) is 0 Å². The van der Waals surface area contributed by atoms with Crippen LogP contribution >= 0.6 is 11.6 Å². The second-order valence-electron chi connectivity index (χ2n) is 4.74. The zero-order valence-electron chi connectivity index (χ0n) is 11.7. The molecule has 2 aromatic carbocycles. The molecule has 0 aliphatic rings. The quantitative estimate of drug-likeness (QED) is 0.784. The van der Waals surface area contributed by atoms with Crippen molar-refractivity contribution in [3.63, 3.8) is 0 Å². The number of benzene rings is 2. The summed E-state index contributed by atoms with van der Waals surface area (Å²) >= 11 is 5.98. The summed E-state index contributed by atoms with van der Waals surface area (Å²) in [5.41, 5.74) is 1.55. The fraction of sp³-hybridized carbons (Fsp3) is 0.0588. The number of nitrogens with zero attached hydrogens (tertiary/aromatic N) is 1. The summed E-state index contributed by atoms with van der Waals surface area (Å²) in [6, 6.07) is 14.4. The topological polar surface area (TPSA) is 65.9 Å². The van der Waals surface area contributed by atoms with E-state index in [1.165, 1.54) is 0 Å². The number of nitrogens with one attached hydrogen (secondary N) is 1. The Labute approximate surface area is 131 Å². The molecule has 0 saturated carbocycles. The van der Waals surface area contributed by atoms with E-state index < -0.39 is 5.56 Å². The van der Waals surface area contributed by atoms with Crippen LogP contribution in [0.15, 0.2) is 47.3 Å². The molecule has 4 nitrogen and oxygen atoms in total. The van der Waals surface area contributed by atoms with Gasteiger partial charge in [-0.2, -0.15) is 5.26 Å². The molecule has 0 saturated heterocycles. The van der Waals surface area contributed by atoms with Crippen LogP contribution in [0.5, 0.6) is 5.75 Å². The Bertz CT molecular complexity index is 971. The Kier molecular flexibility index (Phi) is 3.58. The van der Waals surface area contributed by atoms with Crippen LogP contribution in [-0.4, -0.2) is 12.1 Å². The van der Waals surface area contributed by atoms with E-state index in [1.807, 2.05) is 24.3 Å². The minimum atomic E-state index is -0.435. The third-order valence-corrected chi connectivity index (χ3v) is 3.68. The number of pyridine rings is 1. The van der Waals surface area contributed by atoms with Gasteiger partial charge in [-0.3, -0.25) is 4.79 Å².